The number of nitrogens with zero attached hydrogens (tertiary/aromatic N) is 2. The topological polar surface area (TPSA) is 39.8 Å². The summed E-state index contributed by atoms with van der Waals surface area (Å²) in [6, 6.07) is 1.58. The fraction of sp³-hybridized carbons (Fsp3) is 0. The zero-order chi connectivity index (χ0) is 5.11. The van der Waals surface area contributed by atoms with E-state index in [9.17, 15) is 5.21 Å². The van der Waals surface area contributed by atoms with Gasteiger partial charge < -0.3 is 5.21 Å². The van der Waals surface area contributed by atoms with E-state index in [4.69, 9.17) is 0 Å². The average molecular weight is 203 g/mol. The molecule has 1 aromatic heterocycles. The number of hydrogen-bond donors (Lipinski definition) is 0. The zero-order valence-corrected chi connectivity index (χ0v) is 5.48. The van der Waals surface area contributed by atoms with Gasteiger partial charge >= 0.3 is 0 Å². The summed E-state index contributed by atoms with van der Waals surface area (Å²) in [5.41, 5.74) is 0. The second-order valence-electron chi connectivity index (χ2n) is 1.12. The first kappa shape index (κ1) is 7.54. The predicted molar refractivity (Wildman–Crippen MR) is 23.2 cm³/mol. The van der Waals surface area contributed by atoms with Crippen molar-refractivity contribution in [2.45, 2.75) is 0 Å². The van der Waals surface area contributed by atoms with Crippen LogP contribution in [0.3, 0.4) is 0 Å². The summed E-state index contributed by atoms with van der Waals surface area (Å²) in [5.74, 6) is 0. The van der Waals surface area contributed by atoms with Crippen molar-refractivity contribution in [2.75, 3.05) is 0 Å². The summed E-state index contributed by atoms with van der Waals surface area (Å²) < 4.78 is 0.639. The van der Waals surface area contributed by atoms with Crippen molar-refractivity contribution in [3.05, 3.63) is 30.0 Å². The Morgan fingerprint density at radius 1 is 1.50 bits per heavy atom. The van der Waals surface area contributed by atoms with Crippen molar-refractivity contribution in [2.24, 2.45) is 0 Å². The van der Waals surface area contributed by atoms with E-state index < -0.39 is 0 Å². The first-order valence-corrected chi connectivity index (χ1v) is 1.88. The normalized spacial score (nSPS) is 7.50. The van der Waals surface area contributed by atoms with Gasteiger partial charge in [0.05, 0.1) is 6.20 Å². The molecule has 0 amide bonds. The van der Waals surface area contributed by atoms with Gasteiger partial charge in [0.1, 0.15) is 6.20 Å². The molecule has 1 heterocycles. The van der Waals surface area contributed by atoms with E-state index in [1.807, 2.05) is 0 Å². The molecule has 0 aromatic carbocycles. The minimum atomic E-state index is 0. The monoisotopic (exact) mass is 202 g/mol. The molecule has 0 saturated carbocycles. The van der Waals surface area contributed by atoms with Crippen LogP contribution < -0.4 is 4.73 Å². The summed E-state index contributed by atoms with van der Waals surface area (Å²) in [6.07, 6.45) is 4.13. The fourth-order valence-electron chi connectivity index (χ4n) is 0.316. The Hall–Kier alpha value is -0.458. The minimum Gasteiger partial charge on any atom is -0.711 e. The summed E-state index contributed by atoms with van der Waals surface area (Å²) in [4.78, 5) is 3.53. The molecule has 0 spiro atoms. The maximum absolute atomic E-state index is 10.1. The number of aromatic nitrogens is 2. The van der Waals surface area contributed by atoms with Crippen molar-refractivity contribution in [3.63, 3.8) is 0 Å². The molecular weight excluding hydrogens is 198 g/mol. The third-order valence-electron chi connectivity index (χ3n) is 0.586. The van der Waals surface area contributed by atoms with Crippen LogP contribution in [0.4, 0.5) is 0 Å². The van der Waals surface area contributed by atoms with Gasteiger partial charge in [0, 0.05) is 26.5 Å². The molecule has 4 heteroatoms. The molecule has 0 saturated heterocycles. The molecular formula is C4H4N2OPd. The molecule has 1 aromatic rings. The summed E-state index contributed by atoms with van der Waals surface area (Å²) in [6.45, 7) is 0. The molecule has 8 heavy (non-hydrogen) atoms. The van der Waals surface area contributed by atoms with Gasteiger partial charge in [-0.2, -0.15) is 0 Å². The third-order valence-corrected chi connectivity index (χ3v) is 0.586. The third kappa shape index (κ3) is 2.01. The van der Waals surface area contributed by atoms with E-state index in [2.05, 4.69) is 4.98 Å². The average Bonchev–Trinajstić information content (AvgIpc) is 1.69. The number of hydrogen-bond acceptors (Lipinski definition) is 2. The van der Waals surface area contributed by atoms with Gasteiger partial charge in [0.25, 0.3) is 6.33 Å². The van der Waals surface area contributed by atoms with Crippen LogP contribution in [-0.2, 0) is 20.4 Å². The van der Waals surface area contributed by atoms with Crippen LogP contribution in [-0.4, -0.2) is 4.98 Å². The van der Waals surface area contributed by atoms with Gasteiger partial charge in [0.2, 0.25) is 0 Å². The quantitative estimate of drug-likeness (QED) is 0.330. The van der Waals surface area contributed by atoms with Gasteiger partial charge in [-0.1, -0.05) is 4.98 Å². The predicted octanol–water partition coefficient (Wildman–Crippen LogP) is -0.287. The Morgan fingerprint density at radius 2 is 2.25 bits per heavy atom. The van der Waals surface area contributed by atoms with E-state index in [1.165, 1.54) is 12.5 Å². The van der Waals surface area contributed by atoms with Crippen molar-refractivity contribution >= 4 is 0 Å². The van der Waals surface area contributed by atoms with Crippen molar-refractivity contribution in [1.29, 1.82) is 0 Å². The van der Waals surface area contributed by atoms with E-state index in [0.717, 1.165) is 0 Å². The van der Waals surface area contributed by atoms with Crippen LogP contribution in [0.15, 0.2) is 24.8 Å². The smallest absolute Gasteiger partial charge is 0.289 e. The fourth-order valence-corrected chi connectivity index (χ4v) is 0.316. The SMILES string of the molecule is [O-][n+]1cccnc1.[Pd]. The molecule has 0 aliphatic heterocycles. The first-order valence-electron chi connectivity index (χ1n) is 1.88. The Balaban J connectivity index is 0.000000490. The Kier molecular flexibility index (Phi) is 3.33. The van der Waals surface area contributed by atoms with Gasteiger partial charge in [-0.15, -0.1) is 0 Å². The summed E-state index contributed by atoms with van der Waals surface area (Å²) in [5, 5.41) is 10.1. The molecule has 0 N–H and O–H groups in total. The second-order valence-corrected chi connectivity index (χ2v) is 1.12. The summed E-state index contributed by atoms with van der Waals surface area (Å²) >= 11 is 0. The van der Waals surface area contributed by atoms with Crippen molar-refractivity contribution in [3.8, 4) is 0 Å². The van der Waals surface area contributed by atoms with Gasteiger partial charge in [-0.25, -0.2) is 4.73 Å². The maximum Gasteiger partial charge on any atom is 0.289 e. The van der Waals surface area contributed by atoms with Crippen molar-refractivity contribution < 1.29 is 25.2 Å². The molecule has 0 atom stereocenters. The van der Waals surface area contributed by atoms with Crippen molar-refractivity contribution in [1.82, 2.24) is 4.98 Å². The molecule has 1 rings (SSSR count). The van der Waals surface area contributed by atoms with Crippen LogP contribution >= 0.6 is 0 Å². The standard InChI is InChI=1S/C4H4N2O.Pd/c7-6-3-1-2-5-4-6;/h1-4H;. The molecule has 0 fully saturated rings. The maximum atomic E-state index is 10.1. The second kappa shape index (κ2) is 3.53. The minimum absolute atomic E-state index is 0. The van der Waals surface area contributed by atoms with Gasteiger partial charge in [-0.05, 0) is 0 Å². The van der Waals surface area contributed by atoms with E-state index >= 15 is 0 Å². The first-order chi connectivity index (χ1) is 3.39. The summed E-state index contributed by atoms with van der Waals surface area (Å²) in [7, 11) is 0. The Morgan fingerprint density at radius 3 is 2.50 bits per heavy atom. The van der Waals surface area contributed by atoms with Crippen LogP contribution in [0, 0.1) is 5.21 Å². The largest absolute Gasteiger partial charge is 0.711 e. The van der Waals surface area contributed by atoms with Crippen LogP contribution in [0.1, 0.15) is 0 Å². The molecule has 0 bridgehead atoms. The van der Waals surface area contributed by atoms with E-state index in [1.54, 1.807) is 12.3 Å². The van der Waals surface area contributed by atoms with Gasteiger partial charge in [-0.3, -0.25) is 0 Å². The van der Waals surface area contributed by atoms with Crippen LogP contribution in [0.25, 0.3) is 0 Å². The Bertz CT molecular complexity index is 144. The molecule has 0 aliphatic carbocycles. The van der Waals surface area contributed by atoms with Crippen LogP contribution in [0.2, 0.25) is 0 Å². The van der Waals surface area contributed by atoms with E-state index in [-0.39, 0.29) is 20.4 Å². The Labute approximate surface area is 60.6 Å². The van der Waals surface area contributed by atoms with Crippen LogP contribution in [0.5, 0.6) is 0 Å². The molecule has 46 valence electrons. The molecule has 0 unspecified atom stereocenters. The number of rotatable bonds is 0. The zero-order valence-electron chi connectivity index (χ0n) is 3.93. The van der Waals surface area contributed by atoms with E-state index in [0.29, 0.717) is 4.73 Å². The van der Waals surface area contributed by atoms with Gasteiger partial charge in [0.15, 0.2) is 0 Å². The molecule has 3 nitrogen and oxygen atoms in total. The molecule has 0 radical (unpaired) electrons. The molecule has 0 aliphatic rings.